The molecule has 1 amide bonds. The second-order valence-corrected chi connectivity index (χ2v) is 10.3. The van der Waals surface area contributed by atoms with Gasteiger partial charge in [0.05, 0.1) is 34.3 Å². The molecule has 0 saturated carbocycles. The largest absolute Gasteiger partial charge is 0.510 e. The molecule has 3 aliphatic rings. The summed E-state index contributed by atoms with van der Waals surface area (Å²) < 4.78 is 0. The van der Waals surface area contributed by atoms with E-state index in [9.17, 15) is 39.9 Å². The van der Waals surface area contributed by atoms with E-state index in [4.69, 9.17) is 18.0 Å². The number of nitrogens with two attached hydrogens (primary N) is 1. The Morgan fingerprint density at radius 3 is 2.33 bits per heavy atom. The molecule has 0 spiro atoms. The Bertz CT molecular complexity index is 1300. The Balaban J connectivity index is 2.02. The average molecular weight is 518 g/mol. The molecule has 36 heavy (non-hydrogen) atoms. The van der Waals surface area contributed by atoms with Crippen molar-refractivity contribution in [3.8, 4) is 5.75 Å². The number of aliphatic hydroxyl groups excluding tert-OH is 3. The summed E-state index contributed by atoms with van der Waals surface area (Å²) in [6.07, 6.45) is -1.64. The van der Waals surface area contributed by atoms with Gasteiger partial charge in [0.15, 0.2) is 11.4 Å². The smallest absolute Gasteiger partial charge is 0.255 e. The second-order valence-electron chi connectivity index (χ2n) is 9.66. The van der Waals surface area contributed by atoms with Crippen LogP contribution in [0.2, 0.25) is 0 Å². The Labute approximate surface area is 211 Å². The van der Waals surface area contributed by atoms with Crippen molar-refractivity contribution in [1.82, 2.24) is 4.90 Å². The summed E-state index contributed by atoms with van der Waals surface area (Å²) >= 11 is 5.01. The van der Waals surface area contributed by atoms with E-state index in [0.29, 0.717) is 10.6 Å². The number of Topliss-reactive ketones (excluding diaryl/α,β-unsaturated/α-hetero) is 2. The monoisotopic (exact) mass is 517 g/mol. The summed E-state index contributed by atoms with van der Waals surface area (Å²) in [5.74, 6) is -9.29. The van der Waals surface area contributed by atoms with Crippen molar-refractivity contribution in [2.75, 3.05) is 19.4 Å². The van der Waals surface area contributed by atoms with Gasteiger partial charge in [0.2, 0.25) is 5.78 Å². The van der Waals surface area contributed by atoms with Crippen molar-refractivity contribution in [3.63, 3.8) is 0 Å². The first-order valence-electron chi connectivity index (χ1n) is 11.1. The van der Waals surface area contributed by atoms with Gasteiger partial charge in [-0.2, -0.15) is 0 Å². The highest BCUT2D eigenvalue weighted by Gasteiger charge is 2.67. The molecule has 2 unspecified atom stereocenters. The van der Waals surface area contributed by atoms with Gasteiger partial charge in [0.25, 0.3) is 5.91 Å². The number of hydrogen-bond acceptors (Lipinski definition) is 10. The van der Waals surface area contributed by atoms with Gasteiger partial charge >= 0.3 is 0 Å². The molecular formula is C24H27N3O8S. The highest BCUT2D eigenvalue weighted by Crippen LogP contribution is 2.55. The first kappa shape index (κ1) is 25.8. The number of nitrogens with one attached hydrogen (secondary N) is 1. The van der Waals surface area contributed by atoms with Crippen molar-refractivity contribution >= 4 is 40.4 Å². The third kappa shape index (κ3) is 3.22. The molecule has 0 saturated heterocycles. The highest BCUT2D eigenvalue weighted by atomic mass is 32.1. The number of nitrogens with zero attached hydrogens (tertiary/aromatic N) is 1. The van der Waals surface area contributed by atoms with Gasteiger partial charge in [-0.05, 0) is 38.6 Å². The zero-order chi connectivity index (χ0) is 27.0. The van der Waals surface area contributed by atoms with E-state index in [1.807, 2.05) is 0 Å². The first-order valence-corrected chi connectivity index (χ1v) is 11.5. The molecule has 11 nitrogen and oxygen atoms in total. The van der Waals surface area contributed by atoms with Crippen LogP contribution < -0.4 is 11.1 Å². The molecule has 0 heterocycles. The van der Waals surface area contributed by atoms with E-state index in [1.165, 1.54) is 25.1 Å². The molecule has 3 aliphatic carbocycles. The number of amides is 1. The van der Waals surface area contributed by atoms with Crippen molar-refractivity contribution in [3.05, 3.63) is 45.9 Å². The summed E-state index contributed by atoms with van der Waals surface area (Å²) in [5, 5.41) is 58.9. The van der Waals surface area contributed by atoms with Crippen molar-refractivity contribution in [2.45, 2.75) is 37.5 Å². The van der Waals surface area contributed by atoms with Gasteiger partial charge in [-0.25, -0.2) is 0 Å². The molecule has 0 radical (unpaired) electrons. The number of aliphatic hydroxyl groups is 4. The zero-order valence-electron chi connectivity index (χ0n) is 19.9. The van der Waals surface area contributed by atoms with Crippen LogP contribution in [-0.4, -0.2) is 84.7 Å². The third-order valence-corrected chi connectivity index (χ3v) is 7.54. The van der Waals surface area contributed by atoms with Gasteiger partial charge in [0.1, 0.15) is 22.8 Å². The molecule has 1 aromatic rings. The minimum Gasteiger partial charge on any atom is -0.510 e. The number of benzene rings is 1. The summed E-state index contributed by atoms with van der Waals surface area (Å²) in [7, 11) is 2.96. The van der Waals surface area contributed by atoms with E-state index >= 15 is 0 Å². The summed E-state index contributed by atoms with van der Waals surface area (Å²) in [5.41, 5.74) is 1.28. The van der Waals surface area contributed by atoms with Crippen LogP contribution in [0.15, 0.2) is 34.8 Å². The number of fused-ring (bicyclic) bond motifs is 3. The molecule has 8 N–H and O–H groups in total. The van der Waals surface area contributed by atoms with E-state index in [1.54, 1.807) is 19.9 Å². The molecule has 1 aromatic carbocycles. The molecule has 0 fully saturated rings. The molecule has 0 bridgehead atoms. The van der Waals surface area contributed by atoms with Crippen LogP contribution in [0, 0.1) is 11.8 Å². The molecule has 0 aliphatic heterocycles. The highest BCUT2D eigenvalue weighted by molar-refractivity contribution is 7.80. The first-order chi connectivity index (χ1) is 16.7. The summed E-state index contributed by atoms with van der Waals surface area (Å²) in [4.78, 5) is 40.8. The minimum absolute atomic E-state index is 0.138. The molecule has 4 rings (SSSR count). The lowest BCUT2D eigenvalue weighted by Crippen LogP contribution is -2.68. The van der Waals surface area contributed by atoms with Crippen LogP contribution in [0.3, 0.4) is 0 Å². The molecule has 192 valence electrons. The molecule has 0 aromatic heterocycles. The van der Waals surface area contributed by atoms with E-state index in [2.05, 4.69) is 5.32 Å². The van der Waals surface area contributed by atoms with Crippen LogP contribution >= 0.6 is 12.2 Å². The Morgan fingerprint density at radius 2 is 1.81 bits per heavy atom. The molecule has 6 atom stereocenters. The number of aromatic hydroxyl groups is 1. The fraction of sp³-hybridized carbons (Fsp3) is 0.417. The van der Waals surface area contributed by atoms with Crippen LogP contribution in [0.5, 0.6) is 5.75 Å². The van der Waals surface area contributed by atoms with Gasteiger partial charge in [-0.15, -0.1) is 0 Å². The number of likely N-dealkylation sites (N-methyl/N-ethyl adjacent to an activating group) is 1. The number of ketones is 2. The van der Waals surface area contributed by atoms with Crippen molar-refractivity contribution < 1.29 is 39.9 Å². The zero-order valence-corrected chi connectivity index (χ0v) is 20.8. The lowest BCUT2D eigenvalue weighted by atomic mass is 9.55. The Hall–Kier alpha value is -3.32. The Morgan fingerprint density at radius 1 is 1.19 bits per heavy atom. The quantitative estimate of drug-likeness (QED) is 0.167. The van der Waals surface area contributed by atoms with E-state index in [-0.39, 0.29) is 11.3 Å². The number of anilines is 1. The summed E-state index contributed by atoms with van der Waals surface area (Å²) in [6.45, 7) is 3.24. The normalized spacial score (nSPS) is 31.7. The van der Waals surface area contributed by atoms with Gasteiger partial charge < -0.3 is 36.6 Å². The van der Waals surface area contributed by atoms with Crippen LogP contribution in [0.4, 0.5) is 5.69 Å². The fourth-order valence-corrected chi connectivity index (χ4v) is 6.02. The molecule has 12 heteroatoms. The minimum atomic E-state index is -2.94. The van der Waals surface area contributed by atoms with E-state index < -0.39 is 81.4 Å². The maximum absolute atomic E-state index is 13.7. The molecular weight excluding hydrogens is 490 g/mol. The lowest BCUT2D eigenvalue weighted by Gasteiger charge is -2.53. The van der Waals surface area contributed by atoms with Gasteiger partial charge in [-0.3, -0.25) is 19.3 Å². The van der Waals surface area contributed by atoms with Gasteiger partial charge in [-0.1, -0.05) is 25.2 Å². The van der Waals surface area contributed by atoms with Crippen molar-refractivity contribution in [2.24, 2.45) is 17.6 Å². The number of phenolic OH excluding ortho intramolecular Hbond substituents is 1. The topological polar surface area (TPSA) is 194 Å². The maximum atomic E-state index is 13.7. The van der Waals surface area contributed by atoms with E-state index in [0.717, 1.165) is 0 Å². The van der Waals surface area contributed by atoms with Crippen LogP contribution in [-0.2, 0) is 9.59 Å². The predicted octanol–water partition coefficient (Wildman–Crippen LogP) is 0.412. The van der Waals surface area contributed by atoms with Crippen LogP contribution in [0.25, 0.3) is 0 Å². The second kappa shape index (κ2) is 8.37. The summed E-state index contributed by atoms with van der Waals surface area (Å²) in [6, 6.07) is 1.80. The number of primary amides is 1. The maximum Gasteiger partial charge on any atom is 0.255 e. The number of hydrogen-bond donors (Lipinski definition) is 7. The lowest BCUT2D eigenvalue weighted by molar-refractivity contribution is -0.162. The van der Waals surface area contributed by atoms with Crippen molar-refractivity contribution in [1.29, 1.82) is 0 Å². The number of carbonyl (C=O) groups excluding carboxylic acids is 3. The number of phenols is 1. The number of rotatable bonds is 3. The van der Waals surface area contributed by atoms with Gasteiger partial charge in [0, 0.05) is 11.5 Å². The number of thiocarbonyl (C=S) groups is 1. The standard InChI is InChI=1S/C24H27N3O8S/c1-7-9-5-6-10(26-8(2)36)17(28)12(9)18(29)13-11(7)19(30)15-16(27(3)4)20(31)14(23(25)34)22(33)24(15,35)21(13)32/h5-7,11,15-16,19,28,30-32,35H,1-4H3,(H2,25,34)(H,26,36)/t7-,11?,15?,16-,19-,24-/m0/s1. The SMILES string of the molecule is CC(=S)Nc1ccc2c(c1O)C(=O)C1=C(O)[C@]3(O)C(=O)C(C(N)=O)=C(O)[C@@H](N(C)C)C3[C@@H](O)C1[C@H]2C. The third-order valence-electron chi connectivity index (χ3n) is 7.44. The number of carbonyl (C=O) groups is 3. The fourth-order valence-electron chi connectivity index (χ4n) is 5.91. The van der Waals surface area contributed by atoms with Crippen LogP contribution in [0.1, 0.15) is 35.7 Å². The average Bonchev–Trinajstić information content (AvgIpc) is 2.77. The Kier molecular flexibility index (Phi) is 5.99. The predicted molar refractivity (Wildman–Crippen MR) is 132 cm³/mol.